The first kappa shape index (κ1) is 19.3. The third-order valence-electron chi connectivity index (χ3n) is 6.06. The number of benzene rings is 2. The monoisotopic (exact) mass is 467 g/mol. The van der Waals surface area contributed by atoms with Crippen LogP contribution in [0.15, 0.2) is 46.9 Å². The number of nitrogens with zero attached hydrogens (tertiary/aromatic N) is 3. The van der Waals surface area contributed by atoms with Gasteiger partial charge in [0.05, 0.1) is 16.6 Å². The van der Waals surface area contributed by atoms with Crippen LogP contribution >= 0.6 is 15.9 Å². The van der Waals surface area contributed by atoms with E-state index in [1.807, 2.05) is 29.2 Å². The predicted octanol–water partition coefficient (Wildman–Crippen LogP) is 4.42. The van der Waals surface area contributed by atoms with Crippen molar-refractivity contribution in [2.45, 2.75) is 25.8 Å². The molecule has 2 aliphatic rings. The van der Waals surface area contributed by atoms with E-state index in [1.54, 1.807) is 18.2 Å². The highest BCUT2D eigenvalue weighted by atomic mass is 79.9. The van der Waals surface area contributed by atoms with Gasteiger partial charge in [-0.1, -0.05) is 28.1 Å². The number of carboxylic acid groups (broad SMARTS) is 1. The number of hydrogen-bond donors (Lipinski definition) is 1. The molecule has 1 N–H and O–H groups in total. The topological polar surface area (TPSA) is 75.4 Å². The molecule has 5 rings (SSSR count). The van der Waals surface area contributed by atoms with Gasteiger partial charge in [0.25, 0.3) is 0 Å². The number of hydrogen-bond acceptors (Lipinski definition) is 3. The smallest absolute Gasteiger partial charge is 0.335 e. The van der Waals surface area contributed by atoms with Crippen LogP contribution in [0.4, 0.5) is 0 Å². The number of aromatic nitrogens is 2. The summed E-state index contributed by atoms with van der Waals surface area (Å²) in [5, 5.41) is 9.45. The molecule has 0 unspecified atom stereocenters. The standard InChI is InChI=1S/C23H22BrN3O3/c24-18-6-3-15(4-7-18)21-25-19-8-5-17(23(29)30)11-20(19)27(21)13-14-9-10-26(12-14)22(28)16-1-2-16/h3-8,11,14,16H,1-2,9-10,12-13H2,(H,29,30)/t14-/m1/s1. The van der Waals surface area contributed by atoms with Crippen molar-refractivity contribution in [3.8, 4) is 11.4 Å². The van der Waals surface area contributed by atoms with Crippen LogP contribution in [0.2, 0.25) is 0 Å². The molecular formula is C23H22BrN3O3. The van der Waals surface area contributed by atoms with E-state index in [-0.39, 0.29) is 11.5 Å². The molecule has 6 nitrogen and oxygen atoms in total. The zero-order chi connectivity index (χ0) is 20.8. The van der Waals surface area contributed by atoms with Gasteiger partial charge in [-0.25, -0.2) is 9.78 Å². The Balaban J connectivity index is 1.51. The van der Waals surface area contributed by atoms with Gasteiger partial charge in [0, 0.05) is 35.6 Å². The maximum Gasteiger partial charge on any atom is 0.335 e. The van der Waals surface area contributed by atoms with Crippen molar-refractivity contribution in [1.82, 2.24) is 14.5 Å². The molecule has 0 bridgehead atoms. The lowest BCUT2D eigenvalue weighted by Crippen LogP contribution is -2.30. The molecule has 1 aliphatic carbocycles. The quantitative estimate of drug-likeness (QED) is 0.602. The minimum absolute atomic E-state index is 0.245. The number of rotatable bonds is 5. The summed E-state index contributed by atoms with van der Waals surface area (Å²) in [7, 11) is 0. The van der Waals surface area contributed by atoms with Gasteiger partial charge in [0.15, 0.2) is 0 Å². The third kappa shape index (κ3) is 3.62. The van der Waals surface area contributed by atoms with E-state index in [0.29, 0.717) is 18.4 Å². The molecule has 1 saturated carbocycles. The van der Waals surface area contributed by atoms with Gasteiger partial charge in [0.2, 0.25) is 5.91 Å². The Morgan fingerprint density at radius 1 is 1.10 bits per heavy atom. The molecule has 2 fully saturated rings. The Morgan fingerprint density at radius 2 is 1.87 bits per heavy atom. The van der Waals surface area contributed by atoms with E-state index in [9.17, 15) is 14.7 Å². The number of fused-ring (bicyclic) bond motifs is 1. The number of halogens is 1. The van der Waals surface area contributed by atoms with Crippen molar-refractivity contribution in [2.75, 3.05) is 13.1 Å². The second-order valence-corrected chi connectivity index (χ2v) is 9.19. The lowest BCUT2D eigenvalue weighted by atomic mass is 10.1. The second kappa shape index (κ2) is 7.54. The molecule has 0 radical (unpaired) electrons. The van der Waals surface area contributed by atoms with E-state index in [0.717, 1.165) is 59.2 Å². The highest BCUT2D eigenvalue weighted by Gasteiger charge is 2.36. The van der Waals surface area contributed by atoms with Gasteiger partial charge in [-0.05, 0) is 55.5 Å². The summed E-state index contributed by atoms with van der Waals surface area (Å²) in [5.74, 6) is 0.750. The number of carbonyl (C=O) groups is 2. The second-order valence-electron chi connectivity index (χ2n) is 8.27. The van der Waals surface area contributed by atoms with Gasteiger partial charge in [-0.2, -0.15) is 0 Å². The fourth-order valence-corrected chi connectivity index (χ4v) is 4.55. The normalized spacial score (nSPS) is 18.8. The summed E-state index contributed by atoms with van der Waals surface area (Å²) in [6, 6.07) is 13.1. The zero-order valence-corrected chi connectivity index (χ0v) is 18.0. The SMILES string of the molecule is O=C(O)c1ccc2nc(-c3ccc(Br)cc3)n(C[C@@H]3CCN(C(=O)C4CC4)C3)c2c1. The summed E-state index contributed by atoms with van der Waals surface area (Å²) in [6.07, 6.45) is 3.01. The lowest BCUT2D eigenvalue weighted by molar-refractivity contribution is -0.131. The molecule has 1 amide bonds. The fourth-order valence-electron chi connectivity index (χ4n) is 4.29. The van der Waals surface area contributed by atoms with Gasteiger partial charge in [0.1, 0.15) is 5.82 Å². The van der Waals surface area contributed by atoms with Crippen molar-refractivity contribution in [2.24, 2.45) is 11.8 Å². The molecule has 2 aromatic carbocycles. The molecule has 30 heavy (non-hydrogen) atoms. The predicted molar refractivity (Wildman–Crippen MR) is 117 cm³/mol. The molecule has 7 heteroatoms. The highest BCUT2D eigenvalue weighted by molar-refractivity contribution is 9.10. The molecule has 154 valence electrons. The summed E-state index contributed by atoms with van der Waals surface area (Å²) in [4.78, 5) is 30.8. The maximum absolute atomic E-state index is 12.4. The van der Waals surface area contributed by atoms with Crippen molar-refractivity contribution >= 4 is 38.8 Å². The van der Waals surface area contributed by atoms with Crippen LogP contribution in [0.25, 0.3) is 22.4 Å². The number of likely N-dealkylation sites (tertiary alicyclic amines) is 1. The van der Waals surface area contributed by atoms with Crippen molar-refractivity contribution in [1.29, 1.82) is 0 Å². The molecule has 3 aromatic rings. The van der Waals surface area contributed by atoms with E-state index < -0.39 is 5.97 Å². The van der Waals surface area contributed by atoms with E-state index in [4.69, 9.17) is 4.98 Å². The number of amides is 1. The first-order valence-electron chi connectivity index (χ1n) is 10.3. The van der Waals surface area contributed by atoms with Gasteiger partial charge in [-0.15, -0.1) is 0 Å². The van der Waals surface area contributed by atoms with Crippen molar-refractivity contribution in [3.05, 3.63) is 52.5 Å². The Morgan fingerprint density at radius 3 is 2.57 bits per heavy atom. The average Bonchev–Trinajstić information content (AvgIpc) is 3.39. The molecule has 1 aliphatic heterocycles. The summed E-state index contributed by atoms with van der Waals surface area (Å²) >= 11 is 3.47. The third-order valence-corrected chi connectivity index (χ3v) is 6.59. The van der Waals surface area contributed by atoms with Gasteiger partial charge in [-0.3, -0.25) is 4.79 Å². The van der Waals surface area contributed by atoms with Crippen molar-refractivity contribution < 1.29 is 14.7 Å². The Bertz CT molecular complexity index is 1130. The zero-order valence-electron chi connectivity index (χ0n) is 16.4. The van der Waals surface area contributed by atoms with Gasteiger partial charge >= 0.3 is 5.97 Å². The molecule has 1 saturated heterocycles. The number of imidazole rings is 1. The number of aromatic carboxylic acids is 1. The molecule has 1 aromatic heterocycles. The Labute approximate surface area is 182 Å². The van der Waals surface area contributed by atoms with Crippen LogP contribution in [0.5, 0.6) is 0 Å². The lowest BCUT2D eigenvalue weighted by Gasteiger charge is -2.18. The van der Waals surface area contributed by atoms with Crippen LogP contribution < -0.4 is 0 Å². The van der Waals surface area contributed by atoms with Crippen molar-refractivity contribution in [3.63, 3.8) is 0 Å². The van der Waals surface area contributed by atoms with E-state index in [2.05, 4.69) is 20.5 Å². The van der Waals surface area contributed by atoms with Crippen LogP contribution in [-0.4, -0.2) is 44.5 Å². The molecule has 2 heterocycles. The first-order chi connectivity index (χ1) is 14.5. The molecular weight excluding hydrogens is 446 g/mol. The van der Waals surface area contributed by atoms with Crippen LogP contribution in [0.3, 0.4) is 0 Å². The minimum Gasteiger partial charge on any atom is -0.478 e. The van der Waals surface area contributed by atoms with Crippen LogP contribution in [-0.2, 0) is 11.3 Å². The summed E-state index contributed by atoms with van der Waals surface area (Å²) < 4.78 is 3.12. The van der Waals surface area contributed by atoms with Crippen LogP contribution in [0, 0.1) is 11.8 Å². The fraction of sp³-hybridized carbons (Fsp3) is 0.348. The van der Waals surface area contributed by atoms with E-state index >= 15 is 0 Å². The Kier molecular flexibility index (Phi) is 4.85. The summed E-state index contributed by atoms with van der Waals surface area (Å²) in [5.41, 5.74) is 2.83. The minimum atomic E-state index is -0.947. The average molecular weight is 468 g/mol. The summed E-state index contributed by atoms with van der Waals surface area (Å²) in [6.45, 7) is 2.27. The first-order valence-corrected chi connectivity index (χ1v) is 11.1. The van der Waals surface area contributed by atoms with Gasteiger partial charge < -0.3 is 14.6 Å². The Hall–Kier alpha value is -2.67. The molecule has 1 atom stereocenters. The van der Waals surface area contributed by atoms with E-state index in [1.165, 1.54) is 0 Å². The number of carboxylic acids is 1. The highest BCUT2D eigenvalue weighted by Crippen LogP contribution is 2.34. The largest absolute Gasteiger partial charge is 0.478 e. The number of carbonyl (C=O) groups excluding carboxylic acids is 1. The molecule has 0 spiro atoms. The maximum atomic E-state index is 12.4. The van der Waals surface area contributed by atoms with Crippen LogP contribution in [0.1, 0.15) is 29.6 Å².